The summed E-state index contributed by atoms with van der Waals surface area (Å²) in [7, 11) is 1.56. The number of anilines is 1. The lowest BCUT2D eigenvalue weighted by Crippen LogP contribution is -2.07. The van der Waals surface area contributed by atoms with Crippen LogP contribution in [-0.2, 0) is 0 Å². The molecule has 0 saturated carbocycles. The molecule has 0 aliphatic carbocycles. The van der Waals surface area contributed by atoms with Gasteiger partial charge in [0.1, 0.15) is 0 Å². The summed E-state index contributed by atoms with van der Waals surface area (Å²) in [6.45, 7) is 1.93. The summed E-state index contributed by atoms with van der Waals surface area (Å²) in [5, 5.41) is 14.0. The third-order valence-electron chi connectivity index (χ3n) is 2.91. The van der Waals surface area contributed by atoms with Gasteiger partial charge >= 0.3 is 0 Å². The normalized spacial score (nSPS) is 11.7. The van der Waals surface area contributed by atoms with Gasteiger partial charge in [0.15, 0.2) is 0 Å². The lowest BCUT2D eigenvalue weighted by Gasteiger charge is -2.15. The van der Waals surface area contributed by atoms with Gasteiger partial charge in [-0.05, 0) is 18.6 Å². The smallest absolute Gasteiger partial charge is 0.269 e. The summed E-state index contributed by atoms with van der Waals surface area (Å²) in [4.78, 5) is 14.5. The van der Waals surface area contributed by atoms with Crippen LogP contribution in [0, 0.1) is 10.1 Å². The van der Waals surface area contributed by atoms with Gasteiger partial charge in [-0.25, -0.2) is 4.98 Å². The van der Waals surface area contributed by atoms with E-state index in [4.69, 9.17) is 4.74 Å². The Labute approximate surface area is 116 Å². The largest absolute Gasteiger partial charge is 0.481 e. The maximum atomic E-state index is 10.8. The molecule has 104 valence electrons. The van der Waals surface area contributed by atoms with E-state index in [0.717, 1.165) is 11.3 Å². The average Bonchev–Trinajstić information content (AvgIpc) is 2.48. The van der Waals surface area contributed by atoms with Crippen molar-refractivity contribution in [1.29, 1.82) is 0 Å². The first-order valence-corrected chi connectivity index (χ1v) is 6.11. The summed E-state index contributed by atoms with van der Waals surface area (Å²) in [6.07, 6.45) is 1.66. The molecule has 0 bridgehead atoms. The van der Waals surface area contributed by atoms with Crippen LogP contribution in [-0.4, -0.2) is 17.0 Å². The second-order valence-corrected chi connectivity index (χ2v) is 4.31. The van der Waals surface area contributed by atoms with Gasteiger partial charge in [-0.15, -0.1) is 0 Å². The highest BCUT2D eigenvalue weighted by Gasteiger charge is 2.11. The fraction of sp³-hybridized carbons (Fsp3) is 0.214. The number of non-ortho nitro benzene ring substituents is 1. The molecule has 0 amide bonds. The second-order valence-electron chi connectivity index (χ2n) is 4.31. The second kappa shape index (κ2) is 6.01. The van der Waals surface area contributed by atoms with Crippen molar-refractivity contribution in [3.63, 3.8) is 0 Å². The predicted octanol–water partition coefficient (Wildman–Crippen LogP) is 3.17. The molecular formula is C14H15N3O3. The van der Waals surface area contributed by atoms with Gasteiger partial charge in [-0.1, -0.05) is 12.1 Å². The predicted molar refractivity (Wildman–Crippen MR) is 75.9 cm³/mol. The van der Waals surface area contributed by atoms with Crippen LogP contribution < -0.4 is 10.1 Å². The number of nitro groups is 1. The molecule has 1 aromatic carbocycles. The minimum Gasteiger partial charge on any atom is -0.481 e. The fourth-order valence-electron chi connectivity index (χ4n) is 1.83. The Kier molecular flexibility index (Phi) is 4.14. The molecule has 6 heteroatoms. The van der Waals surface area contributed by atoms with Crippen LogP contribution in [0.5, 0.6) is 5.88 Å². The van der Waals surface area contributed by atoms with Crippen LogP contribution >= 0.6 is 0 Å². The molecule has 0 aliphatic rings. The number of ether oxygens (including phenoxy) is 1. The highest BCUT2D eigenvalue weighted by molar-refractivity contribution is 5.46. The molecule has 6 nitrogen and oxygen atoms in total. The van der Waals surface area contributed by atoms with Crippen molar-refractivity contribution in [2.75, 3.05) is 12.4 Å². The SMILES string of the molecule is COc1ccc(NC(C)c2cccc([N+](=O)[O-])c2)cn1. The van der Waals surface area contributed by atoms with Crippen LogP contribution in [0.3, 0.4) is 0 Å². The minimum absolute atomic E-state index is 0.0647. The van der Waals surface area contributed by atoms with Crippen molar-refractivity contribution >= 4 is 11.4 Å². The van der Waals surface area contributed by atoms with Crippen molar-refractivity contribution in [2.24, 2.45) is 0 Å². The Balaban J connectivity index is 2.12. The molecular weight excluding hydrogens is 258 g/mol. The van der Waals surface area contributed by atoms with Crippen molar-refractivity contribution in [3.05, 3.63) is 58.3 Å². The molecule has 1 N–H and O–H groups in total. The summed E-state index contributed by atoms with van der Waals surface area (Å²) in [6, 6.07) is 10.1. The molecule has 2 rings (SSSR count). The molecule has 2 aromatic rings. The molecule has 0 saturated heterocycles. The third kappa shape index (κ3) is 3.23. The maximum absolute atomic E-state index is 10.8. The van der Waals surface area contributed by atoms with Gasteiger partial charge in [-0.2, -0.15) is 0 Å². The van der Waals surface area contributed by atoms with Crippen molar-refractivity contribution in [2.45, 2.75) is 13.0 Å². The maximum Gasteiger partial charge on any atom is 0.269 e. The molecule has 20 heavy (non-hydrogen) atoms. The lowest BCUT2D eigenvalue weighted by molar-refractivity contribution is -0.384. The first-order valence-electron chi connectivity index (χ1n) is 6.11. The first-order chi connectivity index (χ1) is 9.60. The number of nitrogens with one attached hydrogen (secondary N) is 1. The molecule has 1 heterocycles. The topological polar surface area (TPSA) is 77.3 Å². The van der Waals surface area contributed by atoms with Gasteiger partial charge in [-0.3, -0.25) is 10.1 Å². The fourth-order valence-corrected chi connectivity index (χ4v) is 1.83. The Bertz CT molecular complexity index is 599. The minimum atomic E-state index is -0.398. The van der Waals surface area contributed by atoms with Crippen LogP contribution in [0.25, 0.3) is 0 Å². The van der Waals surface area contributed by atoms with E-state index in [2.05, 4.69) is 10.3 Å². The average molecular weight is 273 g/mol. The van der Waals surface area contributed by atoms with Crippen LogP contribution in [0.1, 0.15) is 18.5 Å². The van der Waals surface area contributed by atoms with E-state index in [-0.39, 0.29) is 11.7 Å². The van der Waals surface area contributed by atoms with Crippen molar-refractivity contribution < 1.29 is 9.66 Å². The quantitative estimate of drug-likeness (QED) is 0.668. The Morgan fingerprint density at radius 1 is 1.35 bits per heavy atom. The Morgan fingerprint density at radius 3 is 2.75 bits per heavy atom. The monoisotopic (exact) mass is 273 g/mol. The van der Waals surface area contributed by atoms with Gasteiger partial charge in [0.25, 0.3) is 5.69 Å². The standard InChI is InChI=1S/C14H15N3O3/c1-10(11-4-3-5-13(8-11)17(18)19)16-12-6-7-14(20-2)15-9-12/h3-10,16H,1-2H3. The zero-order valence-corrected chi connectivity index (χ0v) is 11.2. The molecule has 0 aliphatic heterocycles. The number of benzene rings is 1. The summed E-state index contributed by atoms with van der Waals surface area (Å²) >= 11 is 0. The van der Waals surface area contributed by atoms with E-state index < -0.39 is 4.92 Å². The van der Waals surface area contributed by atoms with Crippen LogP contribution in [0.4, 0.5) is 11.4 Å². The number of aromatic nitrogens is 1. The number of pyridine rings is 1. The number of nitrogens with zero attached hydrogens (tertiary/aromatic N) is 2. The molecule has 1 unspecified atom stereocenters. The van der Waals surface area contributed by atoms with Crippen molar-refractivity contribution in [1.82, 2.24) is 4.98 Å². The molecule has 0 fully saturated rings. The van der Waals surface area contributed by atoms with Crippen LogP contribution in [0.2, 0.25) is 0 Å². The van der Waals surface area contributed by atoms with Crippen LogP contribution in [0.15, 0.2) is 42.6 Å². The summed E-state index contributed by atoms with van der Waals surface area (Å²) < 4.78 is 4.99. The molecule has 1 atom stereocenters. The number of hydrogen-bond donors (Lipinski definition) is 1. The zero-order chi connectivity index (χ0) is 14.5. The van der Waals surface area contributed by atoms with Gasteiger partial charge in [0, 0.05) is 24.2 Å². The number of rotatable bonds is 5. The number of hydrogen-bond acceptors (Lipinski definition) is 5. The molecule has 1 aromatic heterocycles. The van der Waals surface area contributed by atoms with E-state index in [1.807, 2.05) is 19.1 Å². The van der Waals surface area contributed by atoms with E-state index in [0.29, 0.717) is 5.88 Å². The molecule has 0 spiro atoms. The Hall–Kier alpha value is -2.63. The summed E-state index contributed by atoms with van der Waals surface area (Å²) in [5.41, 5.74) is 1.75. The van der Waals surface area contributed by atoms with E-state index in [9.17, 15) is 10.1 Å². The third-order valence-corrected chi connectivity index (χ3v) is 2.91. The van der Waals surface area contributed by atoms with Gasteiger partial charge in [0.05, 0.1) is 23.9 Å². The highest BCUT2D eigenvalue weighted by Crippen LogP contribution is 2.23. The first kappa shape index (κ1) is 13.8. The lowest BCUT2D eigenvalue weighted by atomic mass is 10.1. The Morgan fingerprint density at radius 2 is 2.15 bits per heavy atom. The number of methoxy groups -OCH3 is 1. The van der Waals surface area contributed by atoms with E-state index in [1.165, 1.54) is 6.07 Å². The summed E-state index contributed by atoms with van der Waals surface area (Å²) in [5.74, 6) is 0.540. The van der Waals surface area contributed by atoms with E-state index >= 15 is 0 Å². The van der Waals surface area contributed by atoms with Crippen molar-refractivity contribution in [3.8, 4) is 5.88 Å². The van der Waals surface area contributed by atoms with Gasteiger partial charge in [0.2, 0.25) is 5.88 Å². The number of nitro benzene ring substituents is 1. The van der Waals surface area contributed by atoms with Gasteiger partial charge < -0.3 is 10.1 Å². The highest BCUT2D eigenvalue weighted by atomic mass is 16.6. The molecule has 0 radical (unpaired) electrons. The zero-order valence-electron chi connectivity index (χ0n) is 11.2. The van der Waals surface area contributed by atoms with E-state index in [1.54, 1.807) is 31.5 Å².